The highest BCUT2D eigenvalue weighted by molar-refractivity contribution is 7.89. The molecular weight excluding hydrogens is 354 g/mol. The first kappa shape index (κ1) is 22.8. The topological polar surface area (TPSA) is 96.5 Å². The number of ether oxygens (including phenoxy) is 1. The van der Waals surface area contributed by atoms with Crippen molar-refractivity contribution >= 4 is 28.3 Å². The number of aryl methyl sites for hydroxylation is 1. The number of hydrogen-bond acceptors (Lipinski definition) is 5. The molecule has 0 aromatic heterocycles. The number of carbonyl (C=O) groups excluding carboxylic acids is 1. The third kappa shape index (κ3) is 7.14. The minimum absolute atomic E-state index is 0. The Balaban J connectivity index is 0.00000529. The van der Waals surface area contributed by atoms with E-state index in [4.69, 9.17) is 4.74 Å². The molecule has 1 rings (SSSR count). The van der Waals surface area contributed by atoms with Crippen LogP contribution in [0.3, 0.4) is 0 Å². The fraction of sp³-hybridized carbons (Fsp3) is 0.533. The van der Waals surface area contributed by atoms with Gasteiger partial charge in [-0.25, -0.2) is 13.1 Å². The zero-order valence-corrected chi connectivity index (χ0v) is 15.9. The van der Waals surface area contributed by atoms with E-state index in [1.807, 2.05) is 7.05 Å². The molecule has 1 aromatic carbocycles. The smallest absolute Gasteiger partial charge is 0.251 e. The standard InChI is InChI=1S/C15H25N3O4S.ClH/c1-12-5-6-13(23(20,21)18-9-10-22-3)11-14(12)15(19)17-8-4-7-16-2;/h5-6,11,16,18H,4,7-10H2,1-3H3,(H,17,19);1H. The Morgan fingerprint density at radius 1 is 1.21 bits per heavy atom. The van der Waals surface area contributed by atoms with Crippen molar-refractivity contribution in [2.75, 3.05) is 40.4 Å². The first-order valence-corrected chi connectivity index (χ1v) is 8.92. The number of benzene rings is 1. The molecule has 0 aliphatic heterocycles. The molecule has 0 aliphatic carbocycles. The summed E-state index contributed by atoms with van der Waals surface area (Å²) in [5.41, 5.74) is 1.09. The minimum Gasteiger partial charge on any atom is -0.383 e. The number of sulfonamides is 1. The van der Waals surface area contributed by atoms with Gasteiger partial charge in [0.1, 0.15) is 0 Å². The van der Waals surface area contributed by atoms with Crippen LogP contribution in [0, 0.1) is 6.92 Å². The number of rotatable bonds is 10. The molecule has 0 spiro atoms. The van der Waals surface area contributed by atoms with Gasteiger partial charge < -0.3 is 15.4 Å². The van der Waals surface area contributed by atoms with Crippen LogP contribution in [-0.2, 0) is 14.8 Å². The van der Waals surface area contributed by atoms with Gasteiger partial charge in [0.25, 0.3) is 5.91 Å². The molecule has 1 amide bonds. The zero-order valence-electron chi connectivity index (χ0n) is 14.2. The maximum Gasteiger partial charge on any atom is 0.251 e. The lowest BCUT2D eigenvalue weighted by molar-refractivity contribution is 0.0952. The van der Waals surface area contributed by atoms with E-state index >= 15 is 0 Å². The van der Waals surface area contributed by atoms with E-state index in [2.05, 4.69) is 15.4 Å². The van der Waals surface area contributed by atoms with E-state index in [0.717, 1.165) is 18.5 Å². The lowest BCUT2D eigenvalue weighted by Gasteiger charge is -2.11. The van der Waals surface area contributed by atoms with Crippen LogP contribution in [0.25, 0.3) is 0 Å². The Kier molecular flexibility index (Phi) is 10.8. The predicted molar refractivity (Wildman–Crippen MR) is 96.4 cm³/mol. The number of carbonyl (C=O) groups is 1. The lowest BCUT2D eigenvalue weighted by atomic mass is 10.1. The molecule has 24 heavy (non-hydrogen) atoms. The second-order valence-corrected chi connectivity index (χ2v) is 6.85. The van der Waals surface area contributed by atoms with Crippen LogP contribution in [0.2, 0.25) is 0 Å². The third-order valence-electron chi connectivity index (χ3n) is 3.25. The molecule has 138 valence electrons. The first-order chi connectivity index (χ1) is 10.9. The average Bonchev–Trinajstić information content (AvgIpc) is 2.51. The van der Waals surface area contributed by atoms with Gasteiger partial charge in [-0.1, -0.05) is 6.07 Å². The number of nitrogens with one attached hydrogen (secondary N) is 3. The predicted octanol–water partition coefficient (Wildman–Crippen LogP) is 0.681. The molecule has 0 atom stereocenters. The largest absolute Gasteiger partial charge is 0.383 e. The van der Waals surface area contributed by atoms with Crippen LogP contribution < -0.4 is 15.4 Å². The van der Waals surface area contributed by atoms with Gasteiger partial charge in [0.2, 0.25) is 10.0 Å². The Bertz CT molecular complexity index is 623. The molecule has 0 fully saturated rings. The summed E-state index contributed by atoms with van der Waals surface area (Å²) in [7, 11) is -0.314. The Morgan fingerprint density at radius 3 is 2.54 bits per heavy atom. The highest BCUT2D eigenvalue weighted by Crippen LogP contribution is 2.15. The van der Waals surface area contributed by atoms with Crippen LogP contribution >= 0.6 is 12.4 Å². The van der Waals surface area contributed by atoms with Crippen LogP contribution in [-0.4, -0.2) is 54.7 Å². The number of hydrogen-bond donors (Lipinski definition) is 3. The second kappa shape index (κ2) is 11.4. The molecule has 3 N–H and O–H groups in total. The fourth-order valence-corrected chi connectivity index (χ4v) is 2.98. The molecule has 0 saturated heterocycles. The highest BCUT2D eigenvalue weighted by atomic mass is 35.5. The Morgan fingerprint density at radius 2 is 1.92 bits per heavy atom. The zero-order chi connectivity index (χ0) is 17.3. The van der Waals surface area contributed by atoms with Crippen molar-refractivity contribution in [2.45, 2.75) is 18.2 Å². The minimum atomic E-state index is -3.65. The summed E-state index contributed by atoms with van der Waals surface area (Å²) in [5.74, 6) is -0.271. The highest BCUT2D eigenvalue weighted by Gasteiger charge is 2.17. The molecule has 1 aromatic rings. The summed E-state index contributed by atoms with van der Waals surface area (Å²) in [6.07, 6.45) is 0.803. The lowest BCUT2D eigenvalue weighted by Crippen LogP contribution is -2.29. The SMILES string of the molecule is CNCCCNC(=O)c1cc(S(=O)(=O)NCCOC)ccc1C.Cl. The van der Waals surface area contributed by atoms with Crippen molar-refractivity contribution in [3.05, 3.63) is 29.3 Å². The Hall–Kier alpha value is -1.19. The van der Waals surface area contributed by atoms with Crippen LogP contribution in [0.15, 0.2) is 23.1 Å². The van der Waals surface area contributed by atoms with Gasteiger partial charge in [0.15, 0.2) is 0 Å². The van der Waals surface area contributed by atoms with Crippen LogP contribution in [0.4, 0.5) is 0 Å². The van der Waals surface area contributed by atoms with Gasteiger partial charge in [-0.3, -0.25) is 4.79 Å². The average molecular weight is 380 g/mol. The van der Waals surface area contributed by atoms with Crippen molar-refractivity contribution < 1.29 is 17.9 Å². The van der Waals surface area contributed by atoms with E-state index in [-0.39, 0.29) is 36.4 Å². The summed E-state index contributed by atoms with van der Waals surface area (Å²) in [6.45, 7) is 3.57. The molecule has 0 unspecified atom stereocenters. The van der Waals surface area contributed by atoms with Crippen molar-refractivity contribution in [3.63, 3.8) is 0 Å². The molecule has 0 bridgehead atoms. The molecule has 0 saturated carbocycles. The van der Waals surface area contributed by atoms with E-state index < -0.39 is 10.0 Å². The molecule has 0 heterocycles. The molecule has 9 heteroatoms. The van der Waals surface area contributed by atoms with Gasteiger partial charge in [-0.2, -0.15) is 0 Å². The van der Waals surface area contributed by atoms with Gasteiger partial charge in [0.05, 0.1) is 11.5 Å². The van der Waals surface area contributed by atoms with Gasteiger partial charge in [-0.05, 0) is 44.6 Å². The summed E-state index contributed by atoms with van der Waals surface area (Å²) < 4.78 is 31.6. The monoisotopic (exact) mass is 379 g/mol. The van der Waals surface area contributed by atoms with Crippen molar-refractivity contribution in [1.29, 1.82) is 0 Å². The van der Waals surface area contributed by atoms with Crippen LogP contribution in [0.1, 0.15) is 22.3 Å². The van der Waals surface area contributed by atoms with Gasteiger partial charge in [-0.15, -0.1) is 12.4 Å². The van der Waals surface area contributed by atoms with Crippen LogP contribution in [0.5, 0.6) is 0 Å². The summed E-state index contributed by atoms with van der Waals surface area (Å²) in [4.78, 5) is 12.3. The second-order valence-electron chi connectivity index (χ2n) is 5.08. The summed E-state index contributed by atoms with van der Waals surface area (Å²) >= 11 is 0. The van der Waals surface area contributed by atoms with Gasteiger partial charge in [0, 0.05) is 25.8 Å². The molecule has 7 nitrogen and oxygen atoms in total. The number of amides is 1. The van der Waals surface area contributed by atoms with Crippen molar-refractivity contribution in [2.24, 2.45) is 0 Å². The van der Waals surface area contributed by atoms with E-state index in [0.29, 0.717) is 12.1 Å². The van der Waals surface area contributed by atoms with E-state index in [1.165, 1.54) is 19.2 Å². The molecule has 0 aliphatic rings. The Labute approximate surface area is 150 Å². The fourth-order valence-electron chi connectivity index (χ4n) is 1.94. The maximum absolute atomic E-state index is 12.2. The van der Waals surface area contributed by atoms with E-state index in [1.54, 1.807) is 13.0 Å². The summed E-state index contributed by atoms with van der Waals surface area (Å²) in [5, 5.41) is 5.79. The van der Waals surface area contributed by atoms with E-state index in [9.17, 15) is 13.2 Å². The number of methoxy groups -OCH3 is 1. The normalized spacial score (nSPS) is 11.0. The quantitative estimate of drug-likeness (QED) is 0.519. The third-order valence-corrected chi connectivity index (χ3v) is 4.71. The van der Waals surface area contributed by atoms with Crippen molar-refractivity contribution in [3.8, 4) is 0 Å². The maximum atomic E-state index is 12.2. The van der Waals surface area contributed by atoms with Gasteiger partial charge >= 0.3 is 0 Å². The summed E-state index contributed by atoms with van der Waals surface area (Å²) in [6, 6.07) is 4.52. The molecular formula is C15H26ClN3O4S. The number of halogens is 1. The first-order valence-electron chi connectivity index (χ1n) is 7.44. The molecule has 0 radical (unpaired) electrons. The van der Waals surface area contributed by atoms with Crippen molar-refractivity contribution in [1.82, 2.24) is 15.4 Å².